The number of piperidine rings is 1. The fraction of sp³-hybridized carbons (Fsp3) is 0.750. The van der Waals surface area contributed by atoms with Crippen molar-refractivity contribution in [3.05, 3.63) is 11.6 Å². The molecule has 0 aromatic carbocycles. The summed E-state index contributed by atoms with van der Waals surface area (Å²) in [5.74, 6) is 0.694. The molecule has 1 atom stereocenters. The predicted octanol–water partition coefficient (Wildman–Crippen LogP) is 1.88. The molecule has 0 bridgehead atoms. The highest BCUT2D eigenvalue weighted by Crippen LogP contribution is 2.08. The Kier molecular flexibility index (Phi) is 8.30. The summed E-state index contributed by atoms with van der Waals surface area (Å²) in [6.07, 6.45) is 5.34. The summed E-state index contributed by atoms with van der Waals surface area (Å²) >= 11 is 0. The molecule has 1 amide bonds. The average Bonchev–Trinajstić information content (AvgIpc) is 2.27. The molecule has 2 N–H and O–H groups in total. The Morgan fingerprint density at radius 1 is 1.56 bits per heavy atom. The van der Waals surface area contributed by atoms with Crippen LogP contribution in [0.4, 0.5) is 0 Å². The van der Waals surface area contributed by atoms with Gasteiger partial charge in [0.05, 0.1) is 0 Å². The van der Waals surface area contributed by atoms with E-state index >= 15 is 0 Å². The van der Waals surface area contributed by atoms with Crippen molar-refractivity contribution < 1.29 is 4.79 Å². The van der Waals surface area contributed by atoms with Crippen LogP contribution in [0.15, 0.2) is 11.6 Å². The topological polar surface area (TPSA) is 41.1 Å². The van der Waals surface area contributed by atoms with E-state index in [0.717, 1.165) is 31.6 Å². The van der Waals surface area contributed by atoms with Crippen LogP contribution < -0.4 is 10.6 Å². The van der Waals surface area contributed by atoms with Gasteiger partial charge in [-0.15, -0.1) is 12.4 Å². The van der Waals surface area contributed by atoms with Gasteiger partial charge >= 0.3 is 0 Å². The summed E-state index contributed by atoms with van der Waals surface area (Å²) in [6, 6.07) is 0. The first-order chi connectivity index (χ1) is 7.24. The van der Waals surface area contributed by atoms with Gasteiger partial charge in [0.2, 0.25) is 5.91 Å². The summed E-state index contributed by atoms with van der Waals surface area (Å²) in [5.41, 5.74) is 0.835. The van der Waals surface area contributed by atoms with Crippen molar-refractivity contribution in [1.82, 2.24) is 10.6 Å². The van der Waals surface area contributed by atoms with E-state index in [0.29, 0.717) is 5.92 Å². The lowest BCUT2D eigenvalue weighted by Gasteiger charge is -2.22. The molecule has 0 saturated carbocycles. The van der Waals surface area contributed by atoms with E-state index in [1.54, 1.807) is 0 Å². The van der Waals surface area contributed by atoms with Crippen LogP contribution in [0.5, 0.6) is 0 Å². The molecule has 0 aliphatic carbocycles. The first kappa shape index (κ1) is 15.5. The summed E-state index contributed by atoms with van der Waals surface area (Å²) in [7, 11) is 0. The molecule has 1 fully saturated rings. The molecule has 1 aliphatic rings. The second-order valence-electron chi connectivity index (χ2n) is 4.22. The van der Waals surface area contributed by atoms with Crippen LogP contribution in [0.1, 0.15) is 33.1 Å². The standard InChI is InChI=1S/C12H22N2O.ClH/c1-3-5-10(2)12(15)14-9-11-6-4-7-13-8-11;/h5,11,13H,3-4,6-9H2,1-2H3,(H,14,15);1H/b10-5-;. The van der Waals surface area contributed by atoms with Crippen molar-refractivity contribution in [1.29, 1.82) is 0 Å². The molecule has 4 heteroatoms. The molecule has 0 radical (unpaired) electrons. The summed E-state index contributed by atoms with van der Waals surface area (Å²) in [4.78, 5) is 11.6. The number of rotatable bonds is 4. The van der Waals surface area contributed by atoms with Gasteiger partial charge < -0.3 is 10.6 Å². The van der Waals surface area contributed by atoms with Crippen LogP contribution in [0, 0.1) is 5.92 Å². The third-order valence-electron chi connectivity index (χ3n) is 2.82. The first-order valence-electron chi connectivity index (χ1n) is 5.89. The minimum Gasteiger partial charge on any atom is -0.352 e. The van der Waals surface area contributed by atoms with Crippen molar-refractivity contribution in [3.63, 3.8) is 0 Å². The number of halogens is 1. The SMILES string of the molecule is CC/C=C(/C)C(=O)NCC1CCCNC1.Cl. The average molecular weight is 247 g/mol. The van der Waals surface area contributed by atoms with Gasteiger partial charge in [0.1, 0.15) is 0 Å². The smallest absolute Gasteiger partial charge is 0.246 e. The quantitative estimate of drug-likeness (QED) is 0.744. The normalized spacial score (nSPS) is 21.1. The van der Waals surface area contributed by atoms with E-state index in [1.807, 2.05) is 19.9 Å². The van der Waals surface area contributed by atoms with Crippen LogP contribution in [0.2, 0.25) is 0 Å². The molecule has 0 spiro atoms. The molecule has 1 aliphatic heterocycles. The Morgan fingerprint density at radius 3 is 2.88 bits per heavy atom. The number of amides is 1. The van der Waals surface area contributed by atoms with E-state index in [4.69, 9.17) is 0 Å². The van der Waals surface area contributed by atoms with Crippen LogP contribution in [0.3, 0.4) is 0 Å². The minimum absolute atomic E-state index is 0. The number of hydrogen-bond donors (Lipinski definition) is 2. The molecule has 1 rings (SSSR count). The van der Waals surface area contributed by atoms with E-state index < -0.39 is 0 Å². The van der Waals surface area contributed by atoms with Crippen molar-refractivity contribution in [2.24, 2.45) is 5.92 Å². The summed E-state index contributed by atoms with van der Waals surface area (Å²) in [6.45, 7) is 6.89. The maximum atomic E-state index is 11.6. The maximum absolute atomic E-state index is 11.6. The lowest BCUT2D eigenvalue weighted by atomic mass is 10.00. The molecule has 3 nitrogen and oxygen atoms in total. The molecule has 1 unspecified atom stereocenters. The molecule has 1 heterocycles. The van der Waals surface area contributed by atoms with Crippen molar-refractivity contribution >= 4 is 18.3 Å². The summed E-state index contributed by atoms with van der Waals surface area (Å²) in [5, 5.41) is 6.34. The lowest BCUT2D eigenvalue weighted by molar-refractivity contribution is -0.117. The number of carbonyl (C=O) groups is 1. The number of nitrogens with one attached hydrogen (secondary N) is 2. The molecular weight excluding hydrogens is 224 g/mol. The number of hydrogen-bond acceptors (Lipinski definition) is 2. The third-order valence-corrected chi connectivity index (χ3v) is 2.82. The van der Waals surface area contributed by atoms with E-state index in [1.165, 1.54) is 12.8 Å². The fourth-order valence-electron chi connectivity index (χ4n) is 1.87. The number of carbonyl (C=O) groups excluding carboxylic acids is 1. The zero-order valence-electron chi connectivity index (χ0n) is 10.2. The zero-order chi connectivity index (χ0) is 11.1. The van der Waals surface area contributed by atoms with Crippen LogP contribution in [-0.4, -0.2) is 25.5 Å². The third kappa shape index (κ3) is 5.52. The summed E-state index contributed by atoms with van der Waals surface area (Å²) < 4.78 is 0. The predicted molar refractivity (Wildman–Crippen MR) is 69.9 cm³/mol. The highest BCUT2D eigenvalue weighted by atomic mass is 35.5. The molecule has 0 aromatic heterocycles. The van der Waals surface area contributed by atoms with Gasteiger partial charge in [0.25, 0.3) is 0 Å². The lowest BCUT2D eigenvalue weighted by Crippen LogP contribution is -2.38. The molecule has 94 valence electrons. The highest BCUT2D eigenvalue weighted by molar-refractivity contribution is 5.92. The minimum atomic E-state index is 0. The largest absolute Gasteiger partial charge is 0.352 e. The Morgan fingerprint density at radius 2 is 2.31 bits per heavy atom. The van der Waals surface area contributed by atoms with Crippen molar-refractivity contribution in [2.45, 2.75) is 33.1 Å². The molecular formula is C12H23ClN2O. The van der Waals surface area contributed by atoms with Gasteiger partial charge in [0.15, 0.2) is 0 Å². The Balaban J connectivity index is 0.00000225. The van der Waals surface area contributed by atoms with Gasteiger partial charge in [-0.3, -0.25) is 4.79 Å². The zero-order valence-corrected chi connectivity index (χ0v) is 11.0. The molecule has 1 saturated heterocycles. The van der Waals surface area contributed by atoms with Crippen molar-refractivity contribution in [3.8, 4) is 0 Å². The Bertz CT molecular complexity index is 235. The Labute approximate surface area is 104 Å². The second-order valence-corrected chi connectivity index (χ2v) is 4.22. The van der Waals surface area contributed by atoms with Gasteiger partial charge in [-0.1, -0.05) is 13.0 Å². The Hall–Kier alpha value is -0.540. The van der Waals surface area contributed by atoms with E-state index in [-0.39, 0.29) is 18.3 Å². The van der Waals surface area contributed by atoms with E-state index in [2.05, 4.69) is 10.6 Å². The monoisotopic (exact) mass is 246 g/mol. The fourth-order valence-corrected chi connectivity index (χ4v) is 1.87. The van der Waals surface area contributed by atoms with Crippen LogP contribution >= 0.6 is 12.4 Å². The van der Waals surface area contributed by atoms with Gasteiger partial charge in [0, 0.05) is 12.1 Å². The van der Waals surface area contributed by atoms with Crippen LogP contribution in [-0.2, 0) is 4.79 Å². The number of allylic oxidation sites excluding steroid dienone is 1. The highest BCUT2D eigenvalue weighted by Gasteiger charge is 2.13. The first-order valence-corrected chi connectivity index (χ1v) is 5.89. The van der Waals surface area contributed by atoms with E-state index in [9.17, 15) is 4.79 Å². The molecule has 0 aromatic rings. The van der Waals surface area contributed by atoms with Crippen molar-refractivity contribution in [2.75, 3.05) is 19.6 Å². The van der Waals surface area contributed by atoms with Gasteiger partial charge in [-0.25, -0.2) is 0 Å². The van der Waals surface area contributed by atoms with Gasteiger partial charge in [-0.2, -0.15) is 0 Å². The molecule has 16 heavy (non-hydrogen) atoms. The second kappa shape index (κ2) is 8.59. The van der Waals surface area contributed by atoms with Gasteiger partial charge in [-0.05, 0) is 45.2 Å². The maximum Gasteiger partial charge on any atom is 0.246 e. The van der Waals surface area contributed by atoms with Crippen LogP contribution in [0.25, 0.3) is 0 Å².